The molecule has 1 N–H and O–H groups in total. The van der Waals surface area contributed by atoms with E-state index in [0.29, 0.717) is 24.9 Å². The van der Waals surface area contributed by atoms with Crippen molar-refractivity contribution >= 4 is 36.0 Å². The number of ether oxygens (including phenoxy) is 2. The number of nitrogens with zero attached hydrogens (tertiary/aromatic N) is 1. The summed E-state index contributed by atoms with van der Waals surface area (Å²) in [7, 11) is 0. The Hall–Kier alpha value is -2.45. The lowest BCUT2D eigenvalue weighted by Crippen LogP contribution is -2.54. The quantitative estimate of drug-likeness (QED) is 0.426. The minimum atomic E-state index is -0.982. The van der Waals surface area contributed by atoms with Crippen molar-refractivity contribution in [1.29, 1.82) is 0 Å². The Morgan fingerprint density at radius 3 is 2.36 bits per heavy atom. The van der Waals surface area contributed by atoms with E-state index in [4.69, 9.17) is 9.47 Å². The van der Waals surface area contributed by atoms with Crippen molar-refractivity contribution in [1.82, 2.24) is 10.2 Å². The van der Waals surface area contributed by atoms with Gasteiger partial charge in [-0.2, -0.15) is 0 Å². The molecule has 0 saturated carbocycles. The molecule has 0 aromatic heterocycles. The van der Waals surface area contributed by atoms with E-state index in [9.17, 15) is 19.2 Å². The molecule has 33 heavy (non-hydrogen) atoms. The number of halogens is 1. The summed E-state index contributed by atoms with van der Waals surface area (Å²) < 4.78 is 10.6. The Morgan fingerprint density at radius 1 is 1.15 bits per heavy atom. The first-order valence-corrected chi connectivity index (χ1v) is 11.1. The maximum Gasteiger partial charge on any atom is 0.329 e. The molecule has 1 amide bonds. The van der Waals surface area contributed by atoms with Crippen molar-refractivity contribution in [2.45, 2.75) is 77.6 Å². The molecule has 0 bridgehead atoms. The number of ketones is 1. The molecule has 184 valence electrons. The molecule has 1 saturated heterocycles. The molecule has 0 radical (unpaired) electrons. The highest BCUT2D eigenvalue weighted by molar-refractivity contribution is 5.99. The van der Waals surface area contributed by atoms with Gasteiger partial charge >= 0.3 is 11.9 Å². The van der Waals surface area contributed by atoms with Gasteiger partial charge in [0.05, 0.1) is 12.6 Å². The topological polar surface area (TPSA) is 102 Å². The Balaban J connectivity index is 0.00000544. The van der Waals surface area contributed by atoms with Gasteiger partial charge in [-0.15, -0.1) is 12.4 Å². The molecule has 1 aromatic rings. The lowest BCUT2D eigenvalue weighted by molar-refractivity contribution is -0.163. The summed E-state index contributed by atoms with van der Waals surface area (Å²) in [5.74, 6) is -1.58. The van der Waals surface area contributed by atoms with Crippen LogP contribution >= 0.6 is 12.4 Å². The van der Waals surface area contributed by atoms with Gasteiger partial charge in [-0.05, 0) is 47.5 Å². The average molecular weight is 483 g/mol. The molecule has 2 rings (SSSR count). The predicted molar refractivity (Wildman–Crippen MR) is 126 cm³/mol. The van der Waals surface area contributed by atoms with Crippen molar-refractivity contribution in [3.63, 3.8) is 0 Å². The molecule has 1 aliphatic rings. The maximum absolute atomic E-state index is 13.1. The lowest BCUT2D eigenvalue weighted by atomic mass is 10.0. The minimum absolute atomic E-state index is 0. The highest BCUT2D eigenvalue weighted by atomic mass is 35.5. The number of likely N-dealkylation sites (tertiary alicyclic amines) is 1. The van der Waals surface area contributed by atoms with Gasteiger partial charge in [0.25, 0.3) is 0 Å². The first-order chi connectivity index (χ1) is 15.0. The Morgan fingerprint density at radius 2 is 1.79 bits per heavy atom. The zero-order valence-corrected chi connectivity index (χ0v) is 20.8. The first kappa shape index (κ1) is 28.6. The molecule has 9 heteroatoms. The third kappa shape index (κ3) is 8.44. The smallest absolute Gasteiger partial charge is 0.329 e. The van der Waals surface area contributed by atoms with E-state index in [-0.39, 0.29) is 37.1 Å². The third-order valence-corrected chi connectivity index (χ3v) is 5.09. The van der Waals surface area contributed by atoms with Crippen LogP contribution in [0.25, 0.3) is 0 Å². The fourth-order valence-electron chi connectivity index (χ4n) is 3.65. The number of nitrogens with one attached hydrogen (secondary N) is 1. The number of esters is 2. The predicted octanol–water partition coefficient (Wildman–Crippen LogP) is 2.92. The standard InChI is InChI=1S/C24H34N2O6.ClH/c1-6-31-22(29)18(15-20(27)17-11-8-7-9-12-17)25-16(2)21(28)26-14-10-13-19(26)23(30)32-24(3,4)5;/h7-9,11-12,16,18-19,25H,6,10,13-15H2,1-5H3;1H/t16-,18-,19-;/m0./s1. The lowest BCUT2D eigenvalue weighted by Gasteiger charge is -2.30. The second-order valence-corrected chi connectivity index (χ2v) is 8.91. The Labute approximate surface area is 201 Å². The van der Waals surface area contributed by atoms with E-state index >= 15 is 0 Å². The van der Waals surface area contributed by atoms with Gasteiger partial charge in [0.2, 0.25) is 5.91 Å². The summed E-state index contributed by atoms with van der Waals surface area (Å²) >= 11 is 0. The van der Waals surface area contributed by atoms with Crippen LogP contribution in [-0.4, -0.2) is 65.4 Å². The SMILES string of the molecule is CCOC(=O)[C@H](CC(=O)c1ccccc1)N[C@@H](C)C(=O)N1CCC[C@H]1C(=O)OC(C)(C)C.Cl. The summed E-state index contributed by atoms with van der Waals surface area (Å²) in [6.45, 7) is 9.23. The van der Waals surface area contributed by atoms with Crippen molar-refractivity contribution in [3.05, 3.63) is 35.9 Å². The zero-order chi connectivity index (χ0) is 23.9. The molecule has 1 aromatic carbocycles. The van der Waals surface area contributed by atoms with Gasteiger partial charge in [0.15, 0.2) is 5.78 Å². The van der Waals surface area contributed by atoms with Crippen molar-refractivity contribution in [2.75, 3.05) is 13.2 Å². The Kier molecular flexibility index (Phi) is 11.0. The van der Waals surface area contributed by atoms with E-state index in [2.05, 4.69) is 5.32 Å². The second-order valence-electron chi connectivity index (χ2n) is 8.91. The number of carbonyl (C=O) groups excluding carboxylic acids is 4. The number of hydrogen-bond acceptors (Lipinski definition) is 7. The first-order valence-electron chi connectivity index (χ1n) is 11.1. The number of rotatable bonds is 9. The molecule has 0 spiro atoms. The highest BCUT2D eigenvalue weighted by Gasteiger charge is 2.39. The molecule has 1 aliphatic heterocycles. The van der Waals surface area contributed by atoms with Gasteiger partial charge < -0.3 is 14.4 Å². The average Bonchev–Trinajstić information content (AvgIpc) is 3.22. The molecular formula is C24H35ClN2O6. The van der Waals surface area contributed by atoms with Gasteiger partial charge in [0.1, 0.15) is 17.7 Å². The van der Waals surface area contributed by atoms with E-state index in [1.54, 1.807) is 65.0 Å². The molecular weight excluding hydrogens is 448 g/mol. The van der Waals surface area contributed by atoms with Gasteiger partial charge in [-0.25, -0.2) is 4.79 Å². The fraction of sp³-hybridized carbons (Fsp3) is 0.583. The monoisotopic (exact) mass is 482 g/mol. The molecule has 1 heterocycles. The number of benzene rings is 1. The van der Waals surface area contributed by atoms with Crippen molar-refractivity contribution < 1.29 is 28.7 Å². The summed E-state index contributed by atoms with van der Waals surface area (Å²) in [6, 6.07) is 6.21. The number of Topliss-reactive ketones (excluding diaryl/α,β-unsaturated/α-hetero) is 1. The zero-order valence-electron chi connectivity index (χ0n) is 20.0. The summed E-state index contributed by atoms with van der Waals surface area (Å²) in [5.41, 5.74) is -0.169. The van der Waals surface area contributed by atoms with Crippen LogP contribution in [0.3, 0.4) is 0 Å². The van der Waals surface area contributed by atoms with Crippen LogP contribution in [0, 0.1) is 0 Å². The molecule has 1 fully saturated rings. The van der Waals surface area contributed by atoms with E-state index < -0.39 is 35.7 Å². The molecule has 0 unspecified atom stereocenters. The van der Waals surface area contributed by atoms with Crippen LogP contribution < -0.4 is 5.32 Å². The van der Waals surface area contributed by atoms with Crippen LogP contribution in [0.4, 0.5) is 0 Å². The van der Waals surface area contributed by atoms with Gasteiger partial charge in [0, 0.05) is 18.5 Å². The second kappa shape index (κ2) is 12.7. The minimum Gasteiger partial charge on any atom is -0.465 e. The largest absolute Gasteiger partial charge is 0.465 e. The summed E-state index contributed by atoms with van der Waals surface area (Å²) in [5, 5.41) is 2.95. The van der Waals surface area contributed by atoms with E-state index in [0.717, 1.165) is 0 Å². The number of amides is 1. The summed E-state index contributed by atoms with van der Waals surface area (Å²) in [6.07, 6.45) is 1.08. The highest BCUT2D eigenvalue weighted by Crippen LogP contribution is 2.22. The third-order valence-electron chi connectivity index (χ3n) is 5.09. The van der Waals surface area contributed by atoms with Gasteiger partial charge in [-0.1, -0.05) is 30.3 Å². The van der Waals surface area contributed by atoms with E-state index in [1.165, 1.54) is 4.90 Å². The van der Waals surface area contributed by atoms with Crippen LogP contribution in [-0.2, 0) is 23.9 Å². The van der Waals surface area contributed by atoms with Crippen molar-refractivity contribution in [2.24, 2.45) is 0 Å². The normalized spacial score (nSPS) is 17.5. The van der Waals surface area contributed by atoms with Crippen LogP contribution in [0.15, 0.2) is 30.3 Å². The number of hydrogen-bond donors (Lipinski definition) is 1. The molecule has 3 atom stereocenters. The van der Waals surface area contributed by atoms with E-state index in [1.807, 2.05) is 0 Å². The van der Waals surface area contributed by atoms with Crippen LogP contribution in [0.5, 0.6) is 0 Å². The number of carbonyl (C=O) groups is 4. The van der Waals surface area contributed by atoms with Crippen LogP contribution in [0.1, 0.15) is 64.2 Å². The molecule has 8 nitrogen and oxygen atoms in total. The Bertz CT molecular complexity index is 824. The summed E-state index contributed by atoms with van der Waals surface area (Å²) in [4.78, 5) is 52.3. The van der Waals surface area contributed by atoms with Gasteiger partial charge in [-0.3, -0.25) is 19.7 Å². The maximum atomic E-state index is 13.1. The van der Waals surface area contributed by atoms with Crippen LogP contribution in [0.2, 0.25) is 0 Å². The molecule has 0 aliphatic carbocycles. The fourth-order valence-corrected chi connectivity index (χ4v) is 3.65. The van der Waals surface area contributed by atoms with Crippen molar-refractivity contribution in [3.8, 4) is 0 Å².